The quantitative estimate of drug-likeness (QED) is 0.825. The molecule has 2 heterocycles. The molecule has 2 N–H and O–H groups in total. The number of rotatable bonds is 4. The monoisotopic (exact) mass is 256 g/mol. The summed E-state index contributed by atoms with van der Waals surface area (Å²) in [5.74, 6) is 0.828. The van der Waals surface area contributed by atoms with E-state index in [-0.39, 0.29) is 0 Å². The highest BCUT2D eigenvalue weighted by Crippen LogP contribution is 2.20. The van der Waals surface area contributed by atoms with Crippen LogP contribution >= 0.6 is 35.3 Å². The Labute approximate surface area is 103 Å². The van der Waals surface area contributed by atoms with Crippen molar-refractivity contribution in [3.05, 3.63) is 33.0 Å². The zero-order chi connectivity index (χ0) is 10.7. The molecule has 0 radical (unpaired) electrons. The van der Waals surface area contributed by atoms with Gasteiger partial charge in [-0.15, -0.1) is 22.7 Å². The highest BCUT2D eigenvalue weighted by Gasteiger charge is 2.02. The minimum Gasteiger partial charge on any atom is -0.375 e. The molecule has 0 saturated heterocycles. The molecular weight excluding hydrogens is 244 g/mol. The Kier molecular flexibility index (Phi) is 3.66. The maximum absolute atomic E-state index is 5.57. The van der Waals surface area contributed by atoms with Crippen LogP contribution in [0.5, 0.6) is 0 Å². The van der Waals surface area contributed by atoms with Crippen LogP contribution in [0.4, 0.5) is 5.13 Å². The fourth-order valence-electron chi connectivity index (χ4n) is 1.33. The van der Waals surface area contributed by atoms with Crippen LogP contribution in [-0.2, 0) is 18.6 Å². The van der Waals surface area contributed by atoms with Crippen LogP contribution in [0.1, 0.15) is 15.4 Å². The maximum atomic E-state index is 5.57. The Hall–Kier alpha value is -0.520. The molecule has 0 unspecified atom stereocenters. The fourth-order valence-corrected chi connectivity index (χ4v) is 3.10. The van der Waals surface area contributed by atoms with Gasteiger partial charge in [0, 0.05) is 20.9 Å². The predicted octanol–water partition coefficient (Wildman–Crippen LogP) is 3.00. The minimum absolute atomic E-state index is 0.659. The van der Waals surface area contributed by atoms with Gasteiger partial charge in [0.15, 0.2) is 5.13 Å². The van der Waals surface area contributed by atoms with Crippen molar-refractivity contribution in [2.24, 2.45) is 0 Å². The van der Waals surface area contributed by atoms with Crippen molar-refractivity contribution in [3.8, 4) is 0 Å². The first-order valence-corrected chi connectivity index (χ1v) is 6.99. The van der Waals surface area contributed by atoms with Gasteiger partial charge in [0.1, 0.15) is 0 Å². The molecule has 5 heteroatoms. The molecule has 0 fully saturated rings. The summed E-state index contributed by atoms with van der Waals surface area (Å²) in [6.45, 7) is 0. The van der Waals surface area contributed by atoms with Crippen molar-refractivity contribution >= 4 is 40.4 Å². The Morgan fingerprint density at radius 2 is 2.07 bits per heavy atom. The first-order valence-electron chi connectivity index (χ1n) is 4.66. The molecule has 0 aliphatic heterocycles. The van der Waals surface area contributed by atoms with Crippen LogP contribution in [0.25, 0.3) is 0 Å². The Morgan fingerprint density at radius 3 is 2.67 bits per heavy atom. The Morgan fingerprint density at radius 1 is 1.27 bits per heavy atom. The first-order chi connectivity index (χ1) is 7.28. The SMILES string of the molecule is Nc1nc(CCc2ccc(CS)s2)cs1. The molecule has 0 spiro atoms. The smallest absolute Gasteiger partial charge is 0.180 e. The third kappa shape index (κ3) is 2.96. The molecule has 0 atom stereocenters. The third-order valence-corrected chi connectivity index (χ3v) is 4.49. The van der Waals surface area contributed by atoms with Crippen molar-refractivity contribution in [1.29, 1.82) is 0 Å². The summed E-state index contributed by atoms with van der Waals surface area (Å²) in [7, 11) is 0. The number of hydrogen-bond acceptors (Lipinski definition) is 5. The molecule has 2 nitrogen and oxygen atoms in total. The molecule has 0 saturated carbocycles. The van der Waals surface area contributed by atoms with E-state index in [4.69, 9.17) is 5.73 Å². The standard InChI is InChI=1S/C10H12N2S3/c11-10-12-7(6-14-10)1-2-8-3-4-9(5-13)15-8/h3-4,6,13H,1-2,5H2,(H2,11,12). The van der Waals surface area contributed by atoms with Crippen LogP contribution in [0, 0.1) is 0 Å². The lowest BCUT2D eigenvalue weighted by molar-refractivity contribution is 0.944. The van der Waals surface area contributed by atoms with Gasteiger partial charge in [-0.05, 0) is 25.0 Å². The maximum Gasteiger partial charge on any atom is 0.180 e. The summed E-state index contributed by atoms with van der Waals surface area (Å²) in [5.41, 5.74) is 6.67. The molecule has 0 aliphatic rings. The topological polar surface area (TPSA) is 38.9 Å². The number of hydrogen-bond donors (Lipinski definition) is 2. The molecule has 0 amide bonds. The second kappa shape index (κ2) is 5.01. The largest absolute Gasteiger partial charge is 0.375 e. The lowest BCUT2D eigenvalue weighted by Gasteiger charge is -1.93. The predicted molar refractivity (Wildman–Crippen MR) is 70.9 cm³/mol. The van der Waals surface area contributed by atoms with E-state index in [9.17, 15) is 0 Å². The van der Waals surface area contributed by atoms with Gasteiger partial charge in [-0.2, -0.15) is 12.6 Å². The van der Waals surface area contributed by atoms with E-state index < -0.39 is 0 Å². The van der Waals surface area contributed by atoms with Crippen LogP contribution in [-0.4, -0.2) is 4.98 Å². The number of anilines is 1. The van der Waals surface area contributed by atoms with E-state index in [0.717, 1.165) is 24.3 Å². The van der Waals surface area contributed by atoms with Gasteiger partial charge in [-0.1, -0.05) is 0 Å². The van der Waals surface area contributed by atoms with Gasteiger partial charge >= 0.3 is 0 Å². The van der Waals surface area contributed by atoms with E-state index in [1.165, 1.54) is 21.1 Å². The molecule has 2 aromatic rings. The van der Waals surface area contributed by atoms with Crippen molar-refractivity contribution in [2.45, 2.75) is 18.6 Å². The molecular formula is C10H12N2S3. The number of thiazole rings is 1. The van der Waals surface area contributed by atoms with Gasteiger partial charge in [-0.25, -0.2) is 4.98 Å². The lowest BCUT2D eigenvalue weighted by atomic mass is 10.2. The number of nitrogens with zero attached hydrogens (tertiary/aromatic N) is 1. The van der Waals surface area contributed by atoms with Crippen molar-refractivity contribution in [2.75, 3.05) is 5.73 Å². The van der Waals surface area contributed by atoms with Crippen molar-refractivity contribution in [3.63, 3.8) is 0 Å². The average Bonchev–Trinajstić information content (AvgIpc) is 2.83. The molecule has 0 bridgehead atoms. The molecule has 0 aromatic carbocycles. The Balaban J connectivity index is 1.93. The number of aromatic nitrogens is 1. The van der Waals surface area contributed by atoms with E-state index in [0.29, 0.717) is 5.13 Å². The number of aryl methyl sites for hydroxylation is 2. The van der Waals surface area contributed by atoms with Gasteiger partial charge in [0.2, 0.25) is 0 Å². The number of thiophene rings is 1. The van der Waals surface area contributed by atoms with Gasteiger partial charge in [-0.3, -0.25) is 0 Å². The van der Waals surface area contributed by atoms with E-state index in [2.05, 4.69) is 29.7 Å². The van der Waals surface area contributed by atoms with Crippen LogP contribution < -0.4 is 5.73 Å². The first kappa shape index (κ1) is 11.0. The third-order valence-electron chi connectivity index (χ3n) is 2.07. The summed E-state index contributed by atoms with van der Waals surface area (Å²) in [6, 6.07) is 4.31. The van der Waals surface area contributed by atoms with E-state index >= 15 is 0 Å². The van der Waals surface area contributed by atoms with Crippen molar-refractivity contribution in [1.82, 2.24) is 4.98 Å². The van der Waals surface area contributed by atoms with Crippen LogP contribution in [0.3, 0.4) is 0 Å². The zero-order valence-electron chi connectivity index (χ0n) is 8.14. The second-order valence-corrected chi connectivity index (χ2v) is 5.66. The summed E-state index contributed by atoms with van der Waals surface area (Å²) in [6.07, 6.45) is 2.02. The van der Waals surface area contributed by atoms with Gasteiger partial charge < -0.3 is 5.73 Å². The highest BCUT2D eigenvalue weighted by molar-refractivity contribution is 7.79. The molecule has 80 valence electrons. The summed E-state index contributed by atoms with van der Waals surface area (Å²) >= 11 is 7.58. The molecule has 15 heavy (non-hydrogen) atoms. The van der Waals surface area contributed by atoms with Gasteiger partial charge in [0.05, 0.1) is 5.69 Å². The zero-order valence-corrected chi connectivity index (χ0v) is 10.7. The average molecular weight is 256 g/mol. The van der Waals surface area contributed by atoms with Gasteiger partial charge in [0.25, 0.3) is 0 Å². The minimum atomic E-state index is 0.659. The Bertz CT molecular complexity index is 433. The molecule has 0 aliphatic carbocycles. The van der Waals surface area contributed by atoms with Crippen LogP contribution in [0.15, 0.2) is 17.5 Å². The fraction of sp³-hybridized carbons (Fsp3) is 0.300. The van der Waals surface area contributed by atoms with Crippen molar-refractivity contribution < 1.29 is 0 Å². The lowest BCUT2D eigenvalue weighted by Crippen LogP contribution is -1.90. The number of thiol groups is 1. The van der Waals surface area contributed by atoms with E-state index in [1.54, 1.807) is 0 Å². The van der Waals surface area contributed by atoms with E-state index in [1.807, 2.05) is 16.7 Å². The normalized spacial score (nSPS) is 10.7. The molecule has 2 aromatic heterocycles. The number of nitrogens with two attached hydrogens (primary N) is 1. The highest BCUT2D eigenvalue weighted by atomic mass is 32.1. The molecule has 2 rings (SSSR count). The second-order valence-electron chi connectivity index (χ2n) is 3.20. The van der Waals surface area contributed by atoms with Crippen LogP contribution in [0.2, 0.25) is 0 Å². The number of nitrogen functional groups attached to an aromatic ring is 1. The summed E-state index contributed by atoms with van der Waals surface area (Å²) in [4.78, 5) is 6.96. The summed E-state index contributed by atoms with van der Waals surface area (Å²) in [5, 5.41) is 2.69. The summed E-state index contributed by atoms with van der Waals surface area (Å²) < 4.78 is 0.